The van der Waals surface area contributed by atoms with Crippen molar-refractivity contribution >= 4 is 23.9 Å². The van der Waals surface area contributed by atoms with Crippen molar-refractivity contribution in [3.63, 3.8) is 0 Å². The molecule has 9 atom stereocenters. The second kappa shape index (κ2) is 12.0. The molecule has 210 valence electrons. The van der Waals surface area contributed by atoms with Gasteiger partial charge in [0.05, 0.1) is 0 Å². The number of carbonyl (C=O) groups excluding carboxylic acids is 4. The molecular formula is C23H35NO13. The zero-order valence-electron chi connectivity index (χ0n) is 21.9. The number of esters is 4. The van der Waals surface area contributed by atoms with Crippen LogP contribution in [0.2, 0.25) is 0 Å². The van der Waals surface area contributed by atoms with Gasteiger partial charge in [0.15, 0.2) is 48.9 Å². The number of fused-ring (bicyclic) bond motifs is 1. The van der Waals surface area contributed by atoms with E-state index in [1.807, 2.05) is 0 Å². The molecule has 3 aliphatic rings. The lowest BCUT2D eigenvalue weighted by molar-refractivity contribution is -0.297. The van der Waals surface area contributed by atoms with E-state index in [0.717, 1.165) is 0 Å². The molecule has 0 aromatic carbocycles. The van der Waals surface area contributed by atoms with Crippen molar-refractivity contribution in [1.29, 1.82) is 0 Å². The number of hydrogen-bond donors (Lipinski definition) is 1. The molecule has 0 bridgehead atoms. The normalized spacial score (nSPS) is 36.4. The molecule has 0 aromatic heterocycles. The zero-order chi connectivity index (χ0) is 27.5. The summed E-state index contributed by atoms with van der Waals surface area (Å²) in [6.45, 7) is 8.54. The van der Waals surface area contributed by atoms with Gasteiger partial charge in [-0.3, -0.25) is 19.2 Å². The van der Waals surface area contributed by atoms with Gasteiger partial charge >= 0.3 is 23.9 Å². The van der Waals surface area contributed by atoms with Gasteiger partial charge in [0.1, 0.15) is 12.2 Å². The molecule has 3 rings (SSSR count). The summed E-state index contributed by atoms with van der Waals surface area (Å²) < 4.78 is 50.4. The molecule has 14 nitrogen and oxygen atoms in total. The smallest absolute Gasteiger partial charge is 0.303 e. The summed E-state index contributed by atoms with van der Waals surface area (Å²) >= 11 is 0. The van der Waals surface area contributed by atoms with Crippen LogP contribution in [0.1, 0.15) is 41.5 Å². The predicted molar refractivity (Wildman–Crippen MR) is 119 cm³/mol. The minimum absolute atomic E-state index is 0.0670. The van der Waals surface area contributed by atoms with Crippen molar-refractivity contribution in [1.82, 2.24) is 5.32 Å². The molecule has 0 spiro atoms. The first-order valence-corrected chi connectivity index (χ1v) is 11.9. The Labute approximate surface area is 214 Å². The average Bonchev–Trinajstić information content (AvgIpc) is 3.22. The van der Waals surface area contributed by atoms with Crippen LogP contribution in [0.4, 0.5) is 0 Å². The molecule has 0 unspecified atom stereocenters. The SMILES string of the molecule is CO[C@H]1O[C@H](CNC[C@H]2O[C@@H]3OC(C)(C)O[C@@H]3[C@H]2OC(C)=O)[C@@H](OC(C)=O)[C@H](OC(C)=O)[C@H]1OC(C)=O. The summed E-state index contributed by atoms with van der Waals surface area (Å²) in [5.74, 6) is -3.40. The Morgan fingerprint density at radius 2 is 1.19 bits per heavy atom. The second-order valence-corrected chi connectivity index (χ2v) is 9.38. The Hall–Kier alpha value is -2.36. The first-order valence-electron chi connectivity index (χ1n) is 11.9. The van der Waals surface area contributed by atoms with Crippen LogP contribution < -0.4 is 5.32 Å². The quantitative estimate of drug-likeness (QED) is 0.299. The highest BCUT2D eigenvalue weighted by molar-refractivity contribution is 5.68. The topological polar surface area (TPSA) is 163 Å². The van der Waals surface area contributed by atoms with E-state index in [0.29, 0.717) is 0 Å². The zero-order valence-corrected chi connectivity index (χ0v) is 21.9. The highest BCUT2D eigenvalue weighted by atomic mass is 16.8. The maximum atomic E-state index is 11.9. The van der Waals surface area contributed by atoms with E-state index >= 15 is 0 Å². The van der Waals surface area contributed by atoms with E-state index in [1.54, 1.807) is 13.8 Å². The van der Waals surface area contributed by atoms with Gasteiger partial charge in [0.25, 0.3) is 0 Å². The van der Waals surface area contributed by atoms with Crippen LogP contribution in [-0.2, 0) is 61.8 Å². The molecule has 0 saturated carbocycles. The third-order valence-corrected chi connectivity index (χ3v) is 5.81. The maximum Gasteiger partial charge on any atom is 0.303 e. The molecule has 3 saturated heterocycles. The lowest BCUT2D eigenvalue weighted by Gasteiger charge is -2.44. The number of ether oxygens (including phenoxy) is 9. The Kier molecular flexibility index (Phi) is 9.47. The van der Waals surface area contributed by atoms with Gasteiger partial charge in [0, 0.05) is 47.9 Å². The van der Waals surface area contributed by atoms with Crippen molar-refractivity contribution < 1.29 is 61.8 Å². The van der Waals surface area contributed by atoms with Gasteiger partial charge in [-0.25, -0.2) is 0 Å². The molecule has 0 radical (unpaired) electrons. The maximum absolute atomic E-state index is 11.9. The highest BCUT2D eigenvalue weighted by Crippen LogP contribution is 2.38. The minimum Gasteiger partial charge on any atom is -0.457 e. The fourth-order valence-corrected chi connectivity index (χ4v) is 4.62. The van der Waals surface area contributed by atoms with Gasteiger partial charge in [-0.1, -0.05) is 0 Å². The Bertz CT molecular complexity index is 864. The van der Waals surface area contributed by atoms with Crippen LogP contribution in [-0.4, -0.2) is 105 Å². The van der Waals surface area contributed by atoms with Gasteiger partial charge in [-0.2, -0.15) is 0 Å². The van der Waals surface area contributed by atoms with Gasteiger partial charge in [-0.05, 0) is 13.8 Å². The average molecular weight is 534 g/mol. The first kappa shape index (κ1) is 29.2. The molecule has 3 fully saturated rings. The van der Waals surface area contributed by atoms with E-state index in [9.17, 15) is 19.2 Å². The van der Waals surface area contributed by atoms with Crippen molar-refractivity contribution in [2.24, 2.45) is 0 Å². The predicted octanol–water partition coefficient (Wildman–Crippen LogP) is -0.449. The van der Waals surface area contributed by atoms with Crippen LogP contribution >= 0.6 is 0 Å². The Morgan fingerprint density at radius 1 is 0.703 bits per heavy atom. The van der Waals surface area contributed by atoms with E-state index in [1.165, 1.54) is 34.8 Å². The standard InChI is InChI=1S/C23H35NO13/c1-10(25)30-16-14(34-21(29-7)19(33-13(4)28)18(16)32-12(3)27)8-24-9-15-17(31-11(2)26)20-22(35-15)37-23(5,6)36-20/h14-22,24H,8-9H2,1-7H3/t14-,15-,16-,17+,18+,19-,20-,21+,22-/m1/s1. The van der Waals surface area contributed by atoms with Gasteiger partial charge in [0.2, 0.25) is 0 Å². The van der Waals surface area contributed by atoms with Crippen molar-refractivity contribution in [3.05, 3.63) is 0 Å². The van der Waals surface area contributed by atoms with Crippen LogP contribution in [0.3, 0.4) is 0 Å². The summed E-state index contributed by atoms with van der Waals surface area (Å²) in [4.78, 5) is 47.1. The molecule has 0 aromatic rings. The van der Waals surface area contributed by atoms with E-state index in [-0.39, 0.29) is 13.1 Å². The monoisotopic (exact) mass is 533 g/mol. The fourth-order valence-electron chi connectivity index (χ4n) is 4.62. The lowest BCUT2D eigenvalue weighted by Crippen LogP contribution is -2.63. The fraction of sp³-hybridized carbons (Fsp3) is 0.826. The molecule has 3 aliphatic heterocycles. The van der Waals surface area contributed by atoms with Crippen LogP contribution in [0.25, 0.3) is 0 Å². The largest absolute Gasteiger partial charge is 0.457 e. The number of carbonyl (C=O) groups is 4. The lowest BCUT2D eigenvalue weighted by atomic mass is 9.97. The van der Waals surface area contributed by atoms with Crippen molar-refractivity contribution in [3.8, 4) is 0 Å². The molecule has 1 N–H and O–H groups in total. The number of methoxy groups -OCH3 is 1. The van der Waals surface area contributed by atoms with Crippen LogP contribution in [0.15, 0.2) is 0 Å². The Balaban J connectivity index is 1.73. The summed E-state index contributed by atoms with van der Waals surface area (Å²) in [6, 6.07) is 0. The Morgan fingerprint density at radius 3 is 1.73 bits per heavy atom. The first-order chi connectivity index (χ1) is 17.3. The van der Waals surface area contributed by atoms with E-state index in [4.69, 9.17) is 42.6 Å². The molecule has 14 heteroatoms. The third kappa shape index (κ3) is 7.36. The number of rotatable bonds is 9. The highest BCUT2D eigenvalue weighted by Gasteiger charge is 2.56. The van der Waals surface area contributed by atoms with Crippen molar-refractivity contribution in [2.75, 3.05) is 20.2 Å². The van der Waals surface area contributed by atoms with Crippen LogP contribution in [0.5, 0.6) is 0 Å². The summed E-state index contributed by atoms with van der Waals surface area (Å²) in [7, 11) is 1.33. The van der Waals surface area contributed by atoms with Gasteiger partial charge < -0.3 is 47.9 Å². The second-order valence-electron chi connectivity index (χ2n) is 9.38. The molecule has 37 heavy (non-hydrogen) atoms. The molecular weight excluding hydrogens is 498 g/mol. The van der Waals surface area contributed by atoms with Gasteiger partial charge in [-0.15, -0.1) is 0 Å². The number of hydrogen-bond acceptors (Lipinski definition) is 14. The summed E-state index contributed by atoms with van der Waals surface area (Å²) in [5.41, 5.74) is 0. The van der Waals surface area contributed by atoms with Crippen LogP contribution in [0, 0.1) is 0 Å². The molecule has 3 heterocycles. The summed E-state index contributed by atoms with van der Waals surface area (Å²) in [5, 5.41) is 3.14. The summed E-state index contributed by atoms with van der Waals surface area (Å²) in [6.07, 6.45) is -8.21. The number of nitrogens with one attached hydrogen (secondary N) is 1. The third-order valence-electron chi connectivity index (χ3n) is 5.81. The van der Waals surface area contributed by atoms with E-state index < -0.39 is 85.0 Å². The molecule has 0 aliphatic carbocycles. The van der Waals surface area contributed by atoms with Crippen molar-refractivity contribution in [2.45, 2.75) is 103 Å². The van der Waals surface area contributed by atoms with E-state index in [2.05, 4.69) is 5.32 Å². The minimum atomic E-state index is -1.20. The molecule has 0 amide bonds.